The van der Waals surface area contributed by atoms with Crippen molar-refractivity contribution >= 4 is 17.4 Å². The van der Waals surface area contributed by atoms with Gasteiger partial charge in [-0.15, -0.1) is 10.2 Å². The zero-order valence-electron chi connectivity index (χ0n) is 10.1. The molecule has 0 bridgehead atoms. The number of aromatic nitrogens is 3. The monoisotopic (exact) mass is 265 g/mol. The molecule has 0 aliphatic heterocycles. The average molecular weight is 266 g/mol. The molecule has 5 nitrogen and oxygen atoms in total. The van der Waals surface area contributed by atoms with Gasteiger partial charge < -0.3 is 9.30 Å². The van der Waals surface area contributed by atoms with Crippen molar-refractivity contribution in [1.29, 1.82) is 0 Å². The summed E-state index contributed by atoms with van der Waals surface area (Å²) in [4.78, 5) is 11.5. The molecule has 0 unspecified atom stereocenters. The van der Waals surface area contributed by atoms with Gasteiger partial charge in [0.05, 0.1) is 5.56 Å². The van der Waals surface area contributed by atoms with E-state index in [1.807, 2.05) is 7.05 Å². The van der Waals surface area contributed by atoms with Gasteiger partial charge in [-0.05, 0) is 25.1 Å². The van der Waals surface area contributed by atoms with Gasteiger partial charge >= 0.3 is 0 Å². The van der Waals surface area contributed by atoms with Crippen LogP contribution >= 0.6 is 11.6 Å². The summed E-state index contributed by atoms with van der Waals surface area (Å²) in [7, 11) is 1.83. The largest absolute Gasteiger partial charge is 0.485 e. The van der Waals surface area contributed by atoms with Crippen molar-refractivity contribution in [3.8, 4) is 5.75 Å². The Labute approximate surface area is 109 Å². The van der Waals surface area contributed by atoms with Crippen molar-refractivity contribution in [3.05, 3.63) is 40.9 Å². The van der Waals surface area contributed by atoms with Gasteiger partial charge in [-0.1, -0.05) is 11.6 Å². The third kappa shape index (κ3) is 2.68. The molecule has 0 aliphatic carbocycles. The molecule has 2 aromatic rings. The zero-order chi connectivity index (χ0) is 13.1. The van der Waals surface area contributed by atoms with Crippen LogP contribution in [0.25, 0.3) is 0 Å². The number of Topliss-reactive ketones (excluding diaryl/α,β-unsaturated/α-hetero) is 1. The first-order valence-electron chi connectivity index (χ1n) is 5.34. The van der Waals surface area contributed by atoms with Crippen LogP contribution in [0, 0.1) is 0 Å². The van der Waals surface area contributed by atoms with Crippen molar-refractivity contribution in [1.82, 2.24) is 14.8 Å². The smallest absolute Gasteiger partial charge is 0.170 e. The van der Waals surface area contributed by atoms with Crippen molar-refractivity contribution in [2.45, 2.75) is 13.5 Å². The summed E-state index contributed by atoms with van der Waals surface area (Å²) < 4.78 is 7.33. The maximum atomic E-state index is 11.5. The Hall–Kier alpha value is -1.88. The summed E-state index contributed by atoms with van der Waals surface area (Å²) in [5.41, 5.74) is 0.463. The van der Waals surface area contributed by atoms with Crippen LogP contribution in [-0.2, 0) is 13.7 Å². The molecular weight excluding hydrogens is 254 g/mol. The molecule has 6 heteroatoms. The summed E-state index contributed by atoms with van der Waals surface area (Å²) in [6.45, 7) is 1.72. The fourth-order valence-electron chi connectivity index (χ4n) is 1.48. The second kappa shape index (κ2) is 5.18. The van der Waals surface area contributed by atoms with Crippen molar-refractivity contribution < 1.29 is 9.53 Å². The molecule has 1 aromatic carbocycles. The van der Waals surface area contributed by atoms with Gasteiger partial charge in [-0.3, -0.25) is 4.79 Å². The number of rotatable bonds is 4. The lowest BCUT2D eigenvalue weighted by Crippen LogP contribution is -2.05. The topological polar surface area (TPSA) is 57.0 Å². The first kappa shape index (κ1) is 12.6. The second-order valence-electron chi connectivity index (χ2n) is 3.84. The lowest BCUT2D eigenvalue weighted by molar-refractivity contribution is 0.101. The van der Waals surface area contributed by atoms with Crippen LogP contribution in [0.4, 0.5) is 0 Å². The van der Waals surface area contributed by atoms with Crippen LogP contribution in [0.3, 0.4) is 0 Å². The number of hydrogen-bond donors (Lipinski definition) is 0. The van der Waals surface area contributed by atoms with E-state index in [-0.39, 0.29) is 12.4 Å². The van der Waals surface area contributed by atoms with Crippen LogP contribution < -0.4 is 4.74 Å². The fraction of sp³-hybridized carbons (Fsp3) is 0.250. The standard InChI is InChI=1S/C12H12ClN3O2/c1-8(17)10-5-9(13)3-4-11(10)18-6-12-15-14-7-16(12)2/h3-5,7H,6H2,1-2H3. The van der Waals surface area contributed by atoms with Crippen LogP contribution in [0.2, 0.25) is 5.02 Å². The van der Waals surface area contributed by atoms with Gasteiger partial charge in [-0.2, -0.15) is 0 Å². The Balaban J connectivity index is 2.19. The minimum absolute atomic E-state index is 0.0922. The molecule has 1 heterocycles. The molecule has 18 heavy (non-hydrogen) atoms. The number of hydrogen-bond acceptors (Lipinski definition) is 4. The summed E-state index contributed by atoms with van der Waals surface area (Å²) in [5, 5.41) is 8.16. The van der Waals surface area contributed by atoms with E-state index in [2.05, 4.69) is 10.2 Å². The van der Waals surface area contributed by atoms with Gasteiger partial charge in [0.2, 0.25) is 0 Å². The number of halogens is 1. The zero-order valence-corrected chi connectivity index (χ0v) is 10.8. The molecule has 0 spiro atoms. The SMILES string of the molecule is CC(=O)c1cc(Cl)ccc1OCc1nncn1C. The van der Waals surface area contributed by atoms with E-state index < -0.39 is 0 Å². The highest BCUT2D eigenvalue weighted by molar-refractivity contribution is 6.31. The van der Waals surface area contributed by atoms with Gasteiger partial charge in [0, 0.05) is 12.1 Å². The molecule has 0 amide bonds. The van der Waals surface area contributed by atoms with Crippen molar-refractivity contribution in [2.75, 3.05) is 0 Å². The maximum Gasteiger partial charge on any atom is 0.170 e. The molecule has 0 atom stereocenters. The van der Waals surface area contributed by atoms with Crippen molar-refractivity contribution in [3.63, 3.8) is 0 Å². The number of carbonyl (C=O) groups excluding carboxylic acids is 1. The molecule has 0 saturated carbocycles. The van der Waals surface area contributed by atoms with Gasteiger partial charge in [0.25, 0.3) is 0 Å². The normalized spacial score (nSPS) is 10.4. The molecular formula is C12H12ClN3O2. The first-order valence-corrected chi connectivity index (χ1v) is 5.72. The van der Waals surface area contributed by atoms with Gasteiger partial charge in [0.1, 0.15) is 18.7 Å². The molecule has 0 fully saturated rings. The number of ether oxygens (including phenoxy) is 1. The van der Waals surface area contributed by atoms with E-state index in [9.17, 15) is 4.79 Å². The molecule has 1 aromatic heterocycles. The Morgan fingerprint density at radius 1 is 1.50 bits per heavy atom. The van der Waals surface area contributed by atoms with Crippen LogP contribution in [0.15, 0.2) is 24.5 Å². The lowest BCUT2D eigenvalue weighted by atomic mass is 10.1. The molecule has 2 rings (SSSR count). The third-order valence-electron chi connectivity index (χ3n) is 2.48. The average Bonchev–Trinajstić information content (AvgIpc) is 2.73. The summed E-state index contributed by atoms with van der Waals surface area (Å²) in [5.74, 6) is 1.08. The molecule has 0 radical (unpaired) electrons. The summed E-state index contributed by atoms with van der Waals surface area (Å²) in [6.07, 6.45) is 1.59. The number of ketones is 1. The predicted octanol–water partition coefficient (Wildman–Crippen LogP) is 2.25. The highest BCUT2D eigenvalue weighted by Gasteiger charge is 2.10. The first-order chi connectivity index (χ1) is 8.58. The van der Waals surface area contributed by atoms with Crippen LogP contribution in [0.1, 0.15) is 23.1 Å². The van der Waals surface area contributed by atoms with E-state index >= 15 is 0 Å². The highest BCUT2D eigenvalue weighted by Crippen LogP contribution is 2.24. The summed E-state index contributed by atoms with van der Waals surface area (Å²) >= 11 is 5.85. The van der Waals surface area contributed by atoms with E-state index in [4.69, 9.17) is 16.3 Å². The Morgan fingerprint density at radius 3 is 2.89 bits per heavy atom. The Bertz CT molecular complexity index is 580. The minimum atomic E-state index is -0.0922. The highest BCUT2D eigenvalue weighted by atomic mass is 35.5. The Kier molecular flexibility index (Phi) is 3.62. The predicted molar refractivity (Wildman–Crippen MR) is 66.8 cm³/mol. The number of carbonyl (C=O) groups is 1. The van der Waals surface area contributed by atoms with E-state index in [1.54, 1.807) is 29.1 Å². The van der Waals surface area contributed by atoms with E-state index in [0.717, 1.165) is 0 Å². The summed E-state index contributed by atoms with van der Waals surface area (Å²) in [6, 6.07) is 4.95. The van der Waals surface area contributed by atoms with E-state index in [0.29, 0.717) is 22.2 Å². The third-order valence-corrected chi connectivity index (χ3v) is 2.72. The fourth-order valence-corrected chi connectivity index (χ4v) is 1.66. The van der Waals surface area contributed by atoms with Crippen LogP contribution in [-0.4, -0.2) is 20.5 Å². The second-order valence-corrected chi connectivity index (χ2v) is 4.28. The minimum Gasteiger partial charge on any atom is -0.485 e. The quantitative estimate of drug-likeness (QED) is 0.796. The Morgan fingerprint density at radius 2 is 2.28 bits per heavy atom. The van der Waals surface area contributed by atoms with Crippen LogP contribution in [0.5, 0.6) is 5.75 Å². The number of benzene rings is 1. The van der Waals surface area contributed by atoms with Gasteiger partial charge in [0.15, 0.2) is 11.6 Å². The van der Waals surface area contributed by atoms with Gasteiger partial charge in [-0.25, -0.2) is 0 Å². The van der Waals surface area contributed by atoms with E-state index in [1.165, 1.54) is 6.92 Å². The number of aryl methyl sites for hydroxylation is 1. The molecule has 94 valence electrons. The molecule has 0 saturated heterocycles. The van der Waals surface area contributed by atoms with Crippen molar-refractivity contribution in [2.24, 2.45) is 7.05 Å². The molecule has 0 N–H and O–H groups in total. The number of nitrogens with zero attached hydrogens (tertiary/aromatic N) is 3. The maximum absolute atomic E-state index is 11.5. The molecule has 0 aliphatic rings. The lowest BCUT2D eigenvalue weighted by Gasteiger charge is -2.09.